The number of ether oxygens (including phenoxy) is 1. The largest absolute Gasteiger partial charge is 0.492 e. The van der Waals surface area contributed by atoms with Crippen LogP contribution < -0.4 is 9.64 Å². The third-order valence-electron chi connectivity index (χ3n) is 4.94. The molecule has 30 heavy (non-hydrogen) atoms. The fourth-order valence-electron chi connectivity index (χ4n) is 3.49. The van der Waals surface area contributed by atoms with Crippen LogP contribution in [0.2, 0.25) is 0 Å². The van der Waals surface area contributed by atoms with Crippen LogP contribution in [0.25, 0.3) is 10.2 Å². The highest BCUT2D eigenvalue weighted by molar-refractivity contribution is 7.22. The molecule has 1 heterocycles. The van der Waals surface area contributed by atoms with Crippen molar-refractivity contribution in [3.8, 4) is 5.75 Å². The van der Waals surface area contributed by atoms with E-state index in [4.69, 9.17) is 9.72 Å². The van der Waals surface area contributed by atoms with Gasteiger partial charge in [-0.05, 0) is 50.1 Å². The average Bonchev–Trinajstić information content (AvgIpc) is 3.17. The first kappa shape index (κ1) is 20.1. The first-order chi connectivity index (χ1) is 14.6. The number of para-hydroxylation sites is 1. The van der Waals surface area contributed by atoms with Crippen LogP contribution in [0.15, 0.2) is 66.7 Å². The molecule has 5 heteroatoms. The minimum Gasteiger partial charge on any atom is -0.492 e. The van der Waals surface area contributed by atoms with Crippen molar-refractivity contribution in [1.29, 1.82) is 0 Å². The minimum absolute atomic E-state index is 0.0478. The molecule has 0 aliphatic heterocycles. The van der Waals surface area contributed by atoms with Gasteiger partial charge < -0.3 is 4.74 Å². The maximum Gasteiger partial charge on any atom is 0.260 e. The zero-order valence-electron chi connectivity index (χ0n) is 17.4. The number of hydrogen-bond acceptors (Lipinski definition) is 4. The highest BCUT2D eigenvalue weighted by Crippen LogP contribution is 2.35. The molecular formula is C25H24N2O2S. The highest BCUT2D eigenvalue weighted by Gasteiger charge is 2.23. The molecule has 1 amide bonds. The van der Waals surface area contributed by atoms with Crippen LogP contribution in [0, 0.1) is 13.8 Å². The van der Waals surface area contributed by atoms with Crippen molar-refractivity contribution in [2.45, 2.75) is 27.3 Å². The summed E-state index contributed by atoms with van der Waals surface area (Å²) in [7, 11) is 0. The molecule has 0 radical (unpaired) electrons. The molecule has 3 aromatic carbocycles. The van der Waals surface area contributed by atoms with Crippen molar-refractivity contribution in [3.63, 3.8) is 0 Å². The molecule has 0 N–H and O–H groups in total. The lowest BCUT2D eigenvalue weighted by Crippen LogP contribution is -2.31. The number of aromatic nitrogens is 1. The molecule has 0 spiro atoms. The lowest BCUT2D eigenvalue weighted by atomic mass is 10.0. The Hall–Kier alpha value is -3.18. The monoisotopic (exact) mass is 416 g/mol. The van der Waals surface area contributed by atoms with Gasteiger partial charge in [0, 0.05) is 5.56 Å². The summed E-state index contributed by atoms with van der Waals surface area (Å²) in [6.07, 6.45) is 0. The fraction of sp³-hybridized carbons (Fsp3) is 0.200. The summed E-state index contributed by atoms with van der Waals surface area (Å²) in [6.45, 7) is 6.99. The van der Waals surface area contributed by atoms with Crippen LogP contribution >= 0.6 is 11.3 Å². The molecule has 0 atom stereocenters. The number of aryl methyl sites for hydroxylation is 2. The molecule has 1 aromatic heterocycles. The maximum absolute atomic E-state index is 13.6. The van der Waals surface area contributed by atoms with Gasteiger partial charge in [-0.3, -0.25) is 9.69 Å². The number of anilines is 1. The number of fused-ring (bicyclic) bond motifs is 1. The Morgan fingerprint density at radius 1 is 1.03 bits per heavy atom. The van der Waals surface area contributed by atoms with E-state index < -0.39 is 0 Å². The zero-order chi connectivity index (χ0) is 21.1. The molecule has 0 aliphatic carbocycles. The first-order valence-corrected chi connectivity index (χ1v) is 10.8. The van der Waals surface area contributed by atoms with Gasteiger partial charge in [0.15, 0.2) is 5.13 Å². The molecule has 152 valence electrons. The van der Waals surface area contributed by atoms with Gasteiger partial charge in [0.2, 0.25) is 0 Å². The van der Waals surface area contributed by atoms with Crippen molar-refractivity contribution in [2.24, 2.45) is 0 Å². The van der Waals surface area contributed by atoms with Crippen LogP contribution in [0.1, 0.15) is 34.0 Å². The van der Waals surface area contributed by atoms with E-state index in [-0.39, 0.29) is 5.91 Å². The number of thiazole rings is 1. The molecule has 0 saturated heterocycles. The van der Waals surface area contributed by atoms with Crippen molar-refractivity contribution >= 4 is 32.6 Å². The second-order valence-electron chi connectivity index (χ2n) is 7.23. The van der Waals surface area contributed by atoms with Crippen LogP contribution in [-0.2, 0) is 6.54 Å². The van der Waals surface area contributed by atoms with E-state index in [9.17, 15) is 4.79 Å². The number of hydrogen-bond donors (Lipinski definition) is 0. The summed E-state index contributed by atoms with van der Waals surface area (Å²) >= 11 is 1.51. The quantitative estimate of drug-likeness (QED) is 0.378. The molecular weight excluding hydrogens is 392 g/mol. The van der Waals surface area contributed by atoms with Crippen molar-refractivity contribution in [3.05, 3.63) is 89.0 Å². The summed E-state index contributed by atoms with van der Waals surface area (Å²) in [5, 5.41) is 0.672. The Morgan fingerprint density at radius 3 is 2.57 bits per heavy atom. The van der Waals surface area contributed by atoms with Gasteiger partial charge in [-0.25, -0.2) is 4.98 Å². The number of benzene rings is 3. The molecule has 0 fully saturated rings. The van der Waals surface area contributed by atoms with Gasteiger partial charge >= 0.3 is 0 Å². The Balaban J connectivity index is 1.80. The lowest BCUT2D eigenvalue weighted by Gasteiger charge is -2.21. The fourth-order valence-corrected chi connectivity index (χ4v) is 4.47. The normalized spacial score (nSPS) is 10.9. The lowest BCUT2D eigenvalue weighted by molar-refractivity contribution is 0.0984. The first-order valence-electron chi connectivity index (χ1n) is 10.0. The van der Waals surface area contributed by atoms with Crippen LogP contribution in [0.3, 0.4) is 0 Å². The van der Waals surface area contributed by atoms with E-state index in [1.807, 2.05) is 87.5 Å². The van der Waals surface area contributed by atoms with Crippen molar-refractivity contribution in [1.82, 2.24) is 4.98 Å². The maximum atomic E-state index is 13.6. The number of amides is 1. The van der Waals surface area contributed by atoms with Crippen LogP contribution in [-0.4, -0.2) is 17.5 Å². The van der Waals surface area contributed by atoms with Crippen LogP contribution in [0.4, 0.5) is 5.13 Å². The van der Waals surface area contributed by atoms with E-state index >= 15 is 0 Å². The molecule has 4 nitrogen and oxygen atoms in total. The average molecular weight is 417 g/mol. The molecule has 0 unspecified atom stereocenters. The van der Waals surface area contributed by atoms with Gasteiger partial charge in [-0.1, -0.05) is 65.4 Å². The third-order valence-corrected chi connectivity index (χ3v) is 5.99. The molecule has 0 saturated carbocycles. The number of carbonyl (C=O) groups is 1. The summed E-state index contributed by atoms with van der Waals surface area (Å²) < 4.78 is 6.75. The second-order valence-corrected chi connectivity index (χ2v) is 8.24. The Kier molecular flexibility index (Phi) is 5.81. The number of nitrogens with zero attached hydrogens (tertiary/aromatic N) is 2. The second kappa shape index (κ2) is 8.67. The SMILES string of the molecule is CCOc1cccc2sc(N(Cc3ccccc3)C(=O)c3ccc(C)cc3C)nc12. The summed E-state index contributed by atoms with van der Waals surface area (Å²) in [6, 6.07) is 21.8. The summed E-state index contributed by atoms with van der Waals surface area (Å²) in [5.74, 6) is 0.699. The van der Waals surface area contributed by atoms with E-state index in [0.29, 0.717) is 23.8 Å². The van der Waals surface area contributed by atoms with E-state index in [1.165, 1.54) is 11.3 Å². The van der Waals surface area contributed by atoms with Crippen LogP contribution in [0.5, 0.6) is 5.75 Å². The molecule has 4 aromatic rings. The van der Waals surface area contributed by atoms with E-state index in [0.717, 1.165) is 32.7 Å². The predicted octanol–water partition coefficient (Wildman–Crippen LogP) is 6.16. The number of carbonyl (C=O) groups excluding carboxylic acids is 1. The minimum atomic E-state index is -0.0478. The standard InChI is InChI=1S/C25H24N2O2S/c1-4-29-21-11-8-12-22-23(21)26-25(30-22)27(16-19-9-6-5-7-10-19)24(28)20-14-13-17(2)15-18(20)3/h5-15H,4,16H2,1-3H3. The van der Waals surface area contributed by atoms with Crippen molar-refractivity contribution in [2.75, 3.05) is 11.5 Å². The van der Waals surface area contributed by atoms with Gasteiger partial charge in [0.1, 0.15) is 11.3 Å². The van der Waals surface area contributed by atoms with Crippen molar-refractivity contribution < 1.29 is 9.53 Å². The number of rotatable bonds is 6. The summed E-state index contributed by atoms with van der Waals surface area (Å²) in [4.78, 5) is 20.2. The Labute approximate surface area is 180 Å². The Morgan fingerprint density at radius 2 is 1.83 bits per heavy atom. The molecule has 4 rings (SSSR count). The summed E-state index contributed by atoms with van der Waals surface area (Å²) in [5.41, 5.74) is 4.65. The van der Waals surface area contributed by atoms with Gasteiger partial charge in [-0.2, -0.15) is 0 Å². The van der Waals surface area contributed by atoms with E-state index in [1.54, 1.807) is 4.90 Å². The van der Waals surface area contributed by atoms with Gasteiger partial charge in [0.05, 0.1) is 17.9 Å². The topological polar surface area (TPSA) is 42.4 Å². The zero-order valence-corrected chi connectivity index (χ0v) is 18.2. The van der Waals surface area contributed by atoms with E-state index in [2.05, 4.69) is 0 Å². The van der Waals surface area contributed by atoms with Gasteiger partial charge in [0.25, 0.3) is 5.91 Å². The van der Waals surface area contributed by atoms with Gasteiger partial charge in [-0.15, -0.1) is 0 Å². The highest BCUT2D eigenvalue weighted by atomic mass is 32.1. The Bertz CT molecular complexity index is 1180. The smallest absolute Gasteiger partial charge is 0.260 e. The predicted molar refractivity (Wildman–Crippen MR) is 124 cm³/mol. The third kappa shape index (κ3) is 4.07. The molecule has 0 aliphatic rings. The molecule has 0 bridgehead atoms.